The number of carbonyl (C=O) groups excluding carboxylic acids is 2. The molecule has 2 aliphatic heterocycles. The molecule has 0 unspecified atom stereocenters. The maximum atomic E-state index is 12.4. The van der Waals surface area contributed by atoms with Crippen molar-refractivity contribution in [3.63, 3.8) is 0 Å². The molecule has 6 nitrogen and oxygen atoms in total. The molecule has 0 aromatic heterocycles. The Bertz CT molecular complexity index is 809. The number of hydrogen-bond donors (Lipinski definition) is 0. The summed E-state index contributed by atoms with van der Waals surface area (Å²) < 4.78 is 5.36. The Kier molecular flexibility index (Phi) is 4.68. The molecular formula is C19H19N3O3. The zero-order chi connectivity index (χ0) is 18.0. The zero-order valence-corrected chi connectivity index (χ0v) is 14.3. The molecule has 1 fully saturated rings. The molecular weight excluding hydrogens is 318 g/mol. The van der Waals surface area contributed by atoms with Crippen LogP contribution in [-0.2, 0) is 14.3 Å². The molecule has 6 heteroatoms. The number of imide groups is 1. The molecule has 1 saturated heterocycles. The number of likely N-dealkylation sites (N-methyl/N-ethyl adjacent to an activating group) is 1. The van der Waals surface area contributed by atoms with Crippen LogP contribution < -0.4 is 4.90 Å². The molecule has 2 aliphatic rings. The number of anilines is 1. The van der Waals surface area contributed by atoms with Gasteiger partial charge in [-0.3, -0.25) is 14.5 Å². The molecule has 128 valence electrons. The minimum Gasteiger partial charge on any atom is -0.378 e. The van der Waals surface area contributed by atoms with Crippen LogP contribution >= 0.6 is 0 Å². The highest BCUT2D eigenvalue weighted by Gasteiger charge is 2.32. The van der Waals surface area contributed by atoms with Crippen LogP contribution in [0.3, 0.4) is 0 Å². The van der Waals surface area contributed by atoms with E-state index in [0.29, 0.717) is 11.1 Å². The molecule has 0 bridgehead atoms. The summed E-state index contributed by atoms with van der Waals surface area (Å²) in [5, 5.41) is 9.19. The smallest absolute Gasteiger partial charge is 0.271 e. The van der Waals surface area contributed by atoms with Gasteiger partial charge in [0.05, 0.1) is 13.2 Å². The topological polar surface area (TPSA) is 73.6 Å². The van der Waals surface area contributed by atoms with Gasteiger partial charge in [0.25, 0.3) is 11.8 Å². The van der Waals surface area contributed by atoms with Crippen LogP contribution in [-0.4, -0.2) is 50.1 Å². The van der Waals surface area contributed by atoms with Gasteiger partial charge in [-0.1, -0.05) is 12.1 Å². The number of nitriles is 1. The van der Waals surface area contributed by atoms with Gasteiger partial charge in [-0.05, 0) is 36.3 Å². The van der Waals surface area contributed by atoms with Gasteiger partial charge in [0.15, 0.2) is 0 Å². The molecule has 25 heavy (non-hydrogen) atoms. The maximum absolute atomic E-state index is 12.4. The number of benzene rings is 1. The molecule has 1 aromatic carbocycles. The van der Waals surface area contributed by atoms with Crippen molar-refractivity contribution in [2.45, 2.75) is 6.92 Å². The molecule has 0 spiro atoms. The fourth-order valence-corrected chi connectivity index (χ4v) is 2.97. The van der Waals surface area contributed by atoms with Crippen molar-refractivity contribution in [3.05, 3.63) is 46.5 Å². The minimum absolute atomic E-state index is 0.0123. The maximum Gasteiger partial charge on any atom is 0.271 e. The highest BCUT2D eigenvalue weighted by Crippen LogP contribution is 2.26. The van der Waals surface area contributed by atoms with E-state index in [-0.39, 0.29) is 5.57 Å². The van der Waals surface area contributed by atoms with Gasteiger partial charge in [-0.15, -0.1) is 0 Å². The number of nitrogens with zero attached hydrogens (tertiary/aromatic N) is 3. The van der Waals surface area contributed by atoms with Crippen LogP contribution in [0.15, 0.2) is 41.0 Å². The molecule has 2 amide bonds. The van der Waals surface area contributed by atoms with E-state index in [1.165, 1.54) is 7.05 Å². The molecule has 0 radical (unpaired) electrons. The summed E-state index contributed by atoms with van der Waals surface area (Å²) in [6, 6.07) is 9.77. The normalized spacial score (nSPS) is 20.3. The number of ether oxygens (including phenoxy) is 1. The van der Waals surface area contributed by atoms with E-state index in [2.05, 4.69) is 4.90 Å². The average molecular weight is 337 g/mol. The van der Waals surface area contributed by atoms with Gasteiger partial charge in [0, 0.05) is 31.4 Å². The Morgan fingerprint density at radius 2 is 1.76 bits per heavy atom. The fourth-order valence-electron chi connectivity index (χ4n) is 2.97. The van der Waals surface area contributed by atoms with Gasteiger partial charge >= 0.3 is 0 Å². The summed E-state index contributed by atoms with van der Waals surface area (Å²) >= 11 is 0. The standard InChI is InChI=1S/C19H19N3O3/c1-13-16(18(23)21(2)19(24)17(13)12-20)11-14-3-5-15(6-4-14)22-7-9-25-10-8-22/h3-6,11H,7-10H2,1-2H3/b16-11+. The highest BCUT2D eigenvalue weighted by atomic mass is 16.5. The number of amides is 2. The number of rotatable bonds is 2. The van der Waals surface area contributed by atoms with Crippen molar-refractivity contribution in [1.82, 2.24) is 4.90 Å². The number of carbonyl (C=O) groups is 2. The van der Waals surface area contributed by atoms with E-state index < -0.39 is 11.8 Å². The summed E-state index contributed by atoms with van der Waals surface area (Å²) in [5.41, 5.74) is 2.77. The predicted octanol–water partition coefficient (Wildman–Crippen LogP) is 1.75. The van der Waals surface area contributed by atoms with Gasteiger partial charge in [0.1, 0.15) is 11.6 Å². The van der Waals surface area contributed by atoms with E-state index in [4.69, 9.17) is 4.74 Å². The van der Waals surface area contributed by atoms with Crippen molar-refractivity contribution in [3.8, 4) is 6.07 Å². The third-order valence-electron chi connectivity index (χ3n) is 4.52. The molecule has 0 N–H and O–H groups in total. The summed E-state index contributed by atoms with van der Waals surface area (Å²) in [5.74, 6) is -0.941. The third-order valence-corrected chi connectivity index (χ3v) is 4.52. The lowest BCUT2D eigenvalue weighted by molar-refractivity contribution is -0.138. The lowest BCUT2D eigenvalue weighted by atomic mass is 9.94. The van der Waals surface area contributed by atoms with Crippen molar-refractivity contribution in [1.29, 1.82) is 5.26 Å². The first-order chi connectivity index (χ1) is 12.0. The summed E-state index contributed by atoms with van der Waals surface area (Å²) in [4.78, 5) is 27.6. The van der Waals surface area contributed by atoms with Gasteiger partial charge in [-0.2, -0.15) is 5.26 Å². The molecule has 2 heterocycles. The minimum atomic E-state index is -0.551. The summed E-state index contributed by atoms with van der Waals surface area (Å²) in [7, 11) is 1.39. The molecule has 3 rings (SSSR count). The average Bonchev–Trinajstić information content (AvgIpc) is 2.65. The third kappa shape index (κ3) is 3.19. The van der Waals surface area contributed by atoms with Crippen LogP contribution in [0.25, 0.3) is 6.08 Å². The first kappa shape index (κ1) is 16.9. The van der Waals surface area contributed by atoms with E-state index in [1.807, 2.05) is 30.3 Å². The first-order valence-electron chi connectivity index (χ1n) is 8.11. The van der Waals surface area contributed by atoms with Crippen molar-refractivity contribution in [2.75, 3.05) is 38.3 Å². The quantitative estimate of drug-likeness (QED) is 0.607. The molecule has 0 atom stereocenters. The van der Waals surface area contributed by atoms with Gasteiger partial charge in [0.2, 0.25) is 0 Å². The van der Waals surface area contributed by atoms with Crippen molar-refractivity contribution in [2.24, 2.45) is 0 Å². The Morgan fingerprint density at radius 3 is 2.36 bits per heavy atom. The summed E-state index contributed by atoms with van der Waals surface area (Å²) in [6.07, 6.45) is 1.72. The highest BCUT2D eigenvalue weighted by molar-refractivity contribution is 6.19. The van der Waals surface area contributed by atoms with E-state index in [1.54, 1.807) is 13.0 Å². The monoisotopic (exact) mass is 337 g/mol. The zero-order valence-electron chi connectivity index (χ0n) is 14.3. The van der Waals surface area contributed by atoms with Crippen LogP contribution in [0.4, 0.5) is 5.69 Å². The lowest BCUT2D eigenvalue weighted by Gasteiger charge is -2.29. The Labute approximate surface area is 146 Å². The molecule has 1 aromatic rings. The van der Waals surface area contributed by atoms with Crippen molar-refractivity contribution < 1.29 is 14.3 Å². The van der Waals surface area contributed by atoms with E-state index in [9.17, 15) is 14.9 Å². The summed E-state index contributed by atoms with van der Waals surface area (Å²) in [6.45, 7) is 4.80. The molecule has 0 aliphatic carbocycles. The SMILES string of the molecule is CC1=C(C#N)C(=O)N(C)C(=O)/C1=C/c1ccc(N2CCOCC2)cc1. The molecule has 0 saturated carbocycles. The van der Waals surface area contributed by atoms with Crippen LogP contribution in [0, 0.1) is 11.3 Å². The van der Waals surface area contributed by atoms with Crippen LogP contribution in [0.5, 0.6) is 0 Å². The predicted molar refractivity (Wildman–Crippen MR) is 93.5 cm³/mol. The second kappa shape index (κ2) is 6.91. The first-order valence-corrected chi connectivity index (χ1v) is 8.11. The van der Waals surface area contributed by atoms with Crippen LogP contribution in [0.2, 0.25) is 0 Å². The largest absolute Gasteiger partial charge is 0.378 e. The van der Waals surface area contributed by atoms with Gasteiger partial charge in [-0.25, -0.2) is 0 Å². The Balaban J connectivity index is 1.91. The number of morpholine rings is 1. The van der Waals surface area contributed by atoms with Gasteiger partial charge < -0.3 is 9.64 Å². The van der Waals surface area contributed by atoms with E-state index >= 15 is 0 Å². The van der Waals surface area contributed by atoms with Crippen LogP contribution in [0.1, 0.15) is 12.5 Å². The lowest BCUT2D eigenvalue weighted by Crippen LogP contribution is -2.39. The Morgan fingerprint density at radius 1 is 1.12 bits per heavy atom. The number of hydrogen-bond acceptors (Lipinski definition) is 5. The second-order valence-electron chi connectivity index (χ2n) is 6.03. The Hall–Kier alpha value is -2.91. The van der Waals surface area contributed by atoms with Crippen molar-refractivity contribution >= 4 is 23.6 Å². The van der Waals surface area contributed by atoms with E-state index in [0.717, 1.165) is 42.5 Å². The second-order valence-corrected chi connectivity index (χ2v) is 6.03. The fraction of sp³-hybridized carbons (Fsp3) is 0.316.